The zero-order valence-electron chi connectivity index (χ0n) is 14.7. The predicted molar refractivity (Wildman–Crippen MR) is 96.2 cm³/mol. The number of hydrogen-bond donors (Lipinski definition) is 0. The number of ether oxygens (including phenoxy) is 1. The van der Waals surface area contributed by atoms with E-state index in [0.29, 0.717) is 18.1 Å². The molecule has 0 aliphatic carbocycles. The zero-order valence-corrected chi connectivity index (χ0v) is 15.5. The van der Waals surface area contributed by atoms with E-state index in [9.17, 15) is 24.1 Å². The normalized spacial score (nSPS) is 16.9. The number of carbonyl (C=O) groups excluding carboxylic acids is 2. The molecule has 1 amide bonds. The number of esters is 1. The molecular weight excluding hydrogens is 365 g/mol. The molecule has 1 aromatic rings. The van der Waals surface area contributed by atoms with E-state index >= 15 is 0 Å². The molecule has 1 saturated heterocycles. The summed E-state index contributed by atoms with van der Waals surface area (Å²) in [6, 6.07) is 1.50. The number of benzene rings is 1. The van der Waals surface area contributed by atoms with Crippen molar-refractivity contribution in [3.8, 4) is 0 Å². The molecule has 1 aliphatic rings. The molecule has 0 saturated carbocycles. The van der Waals surface area contributed by atoms with Crippen molar-refractivity contribution in [3.05, 3.63) is 33.6 Å². The lowest BCUT2D eigenvalue weighted by atomic mass is 10.1. The second-order valence-electron chi connectivity index (χ2n) is 5.98. The van der Waals surface area contributed by atoms with Crippen molar-refractivity contribution in [1.82, 2.24) is 4.90 Å². The fourth-order valence-electron chi connectivity index (χ4n) is 2.74. The van der Waals surface area contributed by atoms with Gasteiger partial charge in [0, 0.05) is 44.3 Å². The molecule has 0 bridgehead atoms. The van der Waals surface area contributed by atoms with E-state index in [1.54, 1.807) is 25.9 Å². The summed E-state index contributed by atoms with van der Waals surface area (Å²) < 4.78 is 19.2. The van der Waals surface area contributed by atoms with Crippen LogP contribution in [-0.4, -0.2) is 67.0 Å². The lowest BCUT2D eigenvalue weighted by Crippen LogP contribution is -2.47. The molecule has 0 radical (unpaired) electrons. The number of methoxy groups -OCH3 is 1. The van der Waals surface area contributed by atoms with Gasteiger partial charge in [0.15, 0.2) is 0 Å². The van der Waals surface area contributed by atoms with Gasteiger partial charge in [0.1, 0.15) is 11.5 Å². The van der Waals surface area contributed by atoms with Crippen LogP contribution in [0, 0.1) is 15.9 Å². The highest BCUT2D eigenvalue weighted by molar-refractivity contribution is 7.99. The van der Waals surface area contributed by atoms with Crippen LogP contribution in [0.1, 0.15) is 16.8 Å². The van der Waals surface area contributed by atoms with Crippen LogP contribution in [0.4, 0.5) is 15.8 Å². The fraction of sp³-hybridized carbons (Fsp3) is 0.500. The Morgan fingerprint density at radius 3 is 2.73 bits per heavy atom. The Bertz CT molecular complexity index is 728. The molecular formula is C16H20FN3O5S. The van der Waals surface area contributed by atoms with Crippen LogP contribution >= 0.6 is 11.8 Å². The Morgan fingerprint density at radius 2 is 2.15 bits per heavy atom. The van der Waals surface area contributed by atoms with Crippen LogP contribution in [0.2, 0.25) is 0 Å². The number of carbonyl (C=O) groups is 2. The monoisotopic (exact) mass is 385 g/mol. The third-order valence-corrected chi connectivity index (χ3v) is 5.18. The third kappa shape index (κ3) is 4.24. The van der Waals surface area contributed by atoms with E-state index in [1.165, 1.54) is 16.9 Å². The number of thioether (sulfide) groups is 1. The highest BCUT2D eigenvalue weighted by atomic mass is 32.2. The molecule has 1 atom stereocenters. The van der Waals surface area contributed by atoms with Gasteiger partial charge in [-0.2, -0.15) is 11.8 Å². The minimum Gasteiger partial charge on any atom is -0.469 e. The summed E-state index contributed by atoms with van der Waals surface area (Å²) in [7, 11) is 4.36. The van der Waals surface area contributed by atoms with Crippen molar-refractivity contribution in [2.45, 2.75) is 12.5 Å². The number of halogens is 1. The number of nitro groups is 1. The lowest BCUT2D eigenvalue weighted by molar-refractivity contribution is -0.384. The van der Waals surface area contributed by atoms with Crippen molar-refractivity contribution in [2.24, 2.45) is 0 Å². The summed E-state index contributed by atoms with van der Waals surface area (Å²) >= 11 is 1.58. The molecule has 10 heteroatoms. The van der Waals surface area contributed by atoms with Gasteiger partial charge in [-0.25, -0.2) is 4.39 Å². The van der Waals surface area contributed by atoms with Crippen LogP contribution in [0.5, 0.6) is 0 Å². The van der Waals surface area contributed by atoms with Crippen molar-refractivity contribution in [3.63, 3.8) is 0 Å². The van der Waals surface area contributed by atoms with Crippen molar-refractivity contribution >= 4 is 35.0 Å². The Kier molecular flexibility index (Phi) is 6.41. The van der Waals surface area contributed by atoms with E-state index < -0.39 is 28.7 Å². The number of hydrogen-bond acceptors (Lipinski definition) is 7. The van der Waals surface area contributed by atoms with Gasteiger partial charge in [0.05, 0.1) is 30.1 Å². The number of amides is 1. The van der Waals surface area contributed by atoms with Gasteiger partial charge in [-0.15, -0.1) is 0 Å². The lowest BCUT2D eigenvalue weighted by Gasteiger charge is -2.35. The minimum atomic E-state index is -0.834. The first kappa shape index (κ1) is 20.0. The average Bonchev–Trinajstić information content (AvgIpc) is 2.60. The van der Waals surface area contributed by atoms with Crippen LogP contribution in [0.15, 0.2) is 12.1 Å². The summed E-state index contributed by atoms with van der Waals surface area (Å²) in [5, 5.41) is 11.3. The van der Waals surface area contributed by atoms with Gasteiger partial charge in [0.2, 0.25) is 0 Å². The van der Waals surface area contributed by atoms with E-state index in [4.69, 9.17) is 0 Å². The Labute approximate surface area is 154 Å². The Hall–Kier alpha value is -2.36. The zero-order chi connectivity index (χ0) is 19.4. The van der Waals surface area contributed by atoms with Crippen molar-refractivity contribution in [1.29, 1.82) is 0 Å². The first-order valence-electron chi connectivity index (χ1n) is 7.87. The summed E-state index contributed by atoms with van der Waals surface area (Å²) in [5.41, 5.74) is -0.649. The first-order valence-corrected chi connectivity index (χ1v) is 9.02. The Morgan fingerprint density at radius 1 is 1.46 bits per heavy atom. The van der Waals surface area contributed by atoms with Crippen molar-refractivity contribution in [2.75, 3.05) is 44.2 Å². The van der Waals surface area contributed by atoms with Crippen LogP contribution in [-0.2, 0) is 9.53 Å². The average molecular weight is 385 g/mol. The maximum Gasteiger partial charge on any atom is 0.307 e. The van der Waals surface area contributed by atoms with Crippen LogP contribution in [0.3, 0.4) is 0 Å². The van der Waals surface area contributed by atoms with E-state index in [-0.39, 0.29) is 23.4 Å². The molecule has 0 N–H and O–H groups in total. The first-order chi connectivity index (χ1) is 12.3. The Balaban J connectivity index is 2.39. The van der Waals surface area contributed by atoms with Gasteiger partial charge in [0.25, 0.3) is 11.6 Å². The van der Waals surface area contributed by atoms with Gasteiger partial charge < -0.3 is 14.5 Å². The van der Waals surface area contributed by atoms with Gasteiger partial charge in [-0.3, -0.25) is 19.7 Å². The molecule has 1 aromatic carbocycles. The maximum absolute atomic E-state index is 14.5. The second-order valence-corrected chi connectivity index (χ2v) is 7.13. The van der Waals surface area contributed by atoms with Crippen molar-refractivity contribution < 1.29 is 23.6 Å². The van der Waals surface area contributed by atoms with Crippen LogP contribution in [0.25, 0.3) is 0 Å². The summed E-state index contributed by atoms with van der Waals surface area (Å²) in [6.07, 6.45) is -0.00522. The minimum absolute atomic E-state index is 0.00522. The molecule has 26 heavy (non-hydrogen) atoms. The number of nitrogens with zero attached hydrogens (tertiary/aromatic N) is 3. The van der Waals surface area contributed by atoms with E-state index in [1.807, 2.05) is 0 Å². The standard InChI is InChI=1S/C16H20FN3O5S/c1-18(2)13-8-12(17)11(7-14(13)20(23)24)16(22)19-4-5-26-9-10(19)6-15(21)25-3/h7-8,10H,4-6,9H2,1-3H3/t10-/m1/s1. The highest BCUT2D eigenvalue weighted by Crippen LogP contribution is 2.31. The molecule has 0 spiro atoms. The topological polar surface area (TPSA) is 93.0 Å². The summed E-state index contributed by atoms with van der Waals surface area (Å²) in [6.45, 7) is 0.327. The molecule has 142 valence electrons. The molecule has 1 heterocycles. The third-order valence-electron chi connectivity index (χ3n) is 4.09. The molecule has 1 aliphatic heterocycles. The molecule has 2 rings (SSSR count). The summed E-state index contributed by atoms with van der Waals surface area (Å²) in [5.74, 6) is -0.808. The van der Waals surface area contributed by atoms with E-state index in [2.05, 4.69) is 4.74 Å². The molecule has 8 nitrogen and oxygen atoms in total. The molecule has 0 aromatic heterocycles. The quantitative estimate of drug-likeness (QED) is 0.434. The summed E-state index contributed by atoms with van der Waals surface area (Å²) in [4.78, 5) is 37.9. The fourth-order valence-corrected chi connectivity index (χ4v) is 3.80. The van der Waals surface area contributed by atoms with Gasteiger partial charge in [-0.05, 0) is 0 Å². The number of anilines is 1. The predicted octanol–water partition coefficient (Wildman–Crippen LogP) is 1.92. The van der Waals surface area contributed by atoms with Gasteiger partial charge in [-0.1, -0.05) is 0 Å². The highest BCUT2D eigenvalue weighted by Gasteiger charge is 2.33. The molecule has 0 unspecified atom stereocenters. The van der Waals surface area contributed by atoms with Gasteiger partial charge >= 0.3 is 5.97 Å². The van der Waals surface area contributed by atoms with Crippen LogP contribution < -0.4 is 4.90 Å². The molecule has 1 fully saturated rings. The number of nitro benzene ring substituents is 1. The number of rotatable bonds is 5. The largest absolute Gasteiger partial charge is 0.469 e. The second kappa shape index (κ2) is 8.35. The smallest absolute Gasteiger partial charge is 0.307 e. The SMILES string of the molecule is COC(=O)C[C@@H]1CSCCN1C(=O)c1cc([N+](=O)[O-])c(N(C)C)cc1F. The van der Waals surface area contributed by atoms with E-state index in [0.717, 1.165) is 12.1 Å². The maximum atomic E-state index is 14.5.